The van der Waals surface area contributed by atoms with Crippen LogP contribution in [0.4, 0.5) is 8.78 Å². The minimum atomic E-state index is -0.415. The average Bonchev–Trinajstić information content (AvgIpc) is 2.40. The maximum absolute atomic E-state index is 13.5. The average molecular weight is 261 g/mol. The van der Waals surface area contributed by atoms with Crippen LogP contribution in [-0.4, -0.2) is 0 Å². The van der Waals surface area contributed by atoms with Crippen molar-refractivity contribution in [1.82, 2.24) is 5.32 Å². The van der Waals surface area contributed by atoms with Crippen molar-refractivity contribution >= 4 is 0 Å². The fourth-order valence-electron chi connectivity index (χ4n) is 2.12. The Bertz CT molecular complexity index is 566. The van der Waals surface area contributed by atoms with Crippen LogP contribution in [-0.2, 0) is 6.54 Å². The van der Waals surface area contributed by atoms with Crippen molar-refractivity contribution in [2.24, 2.45) is 0 Å². The summed E-state index contributed by atoms with van der Waals surface area (Å²) in [5.74, 6) is -0.798. The summed E-state index contributed by atoms with van der Waals surface area (Å²) in [5.41, 5.74) is 2.70. The lowest BCUT2D eigenvalue weighted by atomic mass is 10.0. The highest BCUT2D eigenvalue weighted by Gasteiger charge is 2.09. The molecule has 0 aliphatic heterocycles. The van der Waals surface area contributed by atoms with E-state index in [4.69, 9.17) is 0 Å². The van der Waals surface area contributed by atoms with Gasteiger partial charge in [-0.05, 0) is 43.2 Å². The second kappa shape index (κ2) is 5.93. The molecule has 3 heteroatoms. The van der Waals surface area contributed by atoms with E-state index in [-0.39, 0.29) is 11.9 Å². The van der Waals surface area contributed by atoms with Crippen LogP contribution >= 0.6 is 0 Å². The minimum absolute atomic E-state index is 0.0869. The number of hydrogen-bond donors (Lipinski definition) is 1. The van der Waals surface area contributed by atoms with Crippen LogP contribution < -0.4 is 5.32 Å². The molecule has 0 saturated carbocycles. The predicted molar refractivity (Wildman–Crippen MR) is 72.8 cm³/mol. The number of rotatable bonds is 4. The smallest absolute Gasteiger partial charge is 0.127 e. The number of hydrogen-bond acceptors (Lipinski definition) is 1. The molecule has 1 nitrogen and oxygen atoms in total. The first-order valence-corrected chi connectivity index (χ1v) is 6.31. The SMILES string of the molecule is Cc1ccccc1C(C)NCc1cc(F)ccc1F. The lowest BCUT2D eigenvalue weighted by Gasteiger charge is -2.16. The van der Waals surface area contributed by atoms with Crippen LogP contribution in [0.2, 0.25) is 0 Å². The molecule has 0 heterocycles. The van der Waals surface area contributed by atoms with Crippen LogP contribution in [0.3, 0.4) is 0 Å². The van der Waals surface area contributed by atoms with Gasteiger partial charge in [0.1, 0.15) is 11.6 Å². The molecular weight excluding hydrogens is 244 g/mol. The van der Waals surface area contributed by atoms with Crippen LogP contribution in [0.5, 0.6) is 0 Å². The minimum Gasteiger partial charge on any atom is -0.306 e. The van der Waals surface area contributed by atoms with Gasteiger partial charge < -0.3 is 5.32 Å². The van der Waals surface area contributed by atoms with Gasteiger partial charge in [0.25, 0.3) is 0 Å². The molecule has 1 atom stereocenters. The lowest BCUT2D eigenvalue weighted by Crippen LogP contribution is -2.19. The summed E-state index contributed by atoms with van der Waals surface area (Å²) < 4.78 is 26.6. The van der Waals surface area contributed by atoms with Gasteiger partial charge in [-0.25, -0.2) is 8.78 Å². The zero-order valence-corrected chi connectivity index (χ0v) is 11.1. The Balaban J connectivity index is 2.06. The lowest BCUT2D eigenvalue weighted by molar-refractivity contribution is 0.534. The molecule has 0 spiro atoms. The van der Waals surface area contributed by atoms with Gasteiger partial charge in [-0.2, -0.15) is 0 Å². The van der Waals surface area contributed by atoms with Gasteiger partial charge in [0.15, 0.2) is 0 Å². The maximum atomic E-state index is 13.5. The molecule has 1 unspecified atom stereocenters. The molecule has 0 aliphatic carbocycles. The highest BCUT2D eigenvalue weighted by Crippen LogP contribution is 2.18. The normalized spacial score (nSPS) is 12.4. The fourth-order valence-corrected chi connectivity index (χ4v) is 2.12. The Labute approximate surface area is 112 Å². The summed E-state index contributed by atoms with van der Waals surface area (Å²) in [6.07, 6.45) is 0. The Morgan fingerprint density at radius 1 is 1.11 bits per heavy atom. The van der Waals surface area contributed by atoms with E-state index in [0.29, 0.717) is 12.1 Å². The molecular formula is C16H17F2N. The van der Waals surface area contributed by atoms with Crippen molar-refractivity contribution in [2.75, 3.05) is 0 Å². The maximum Gasteiger partial charge on any atom is 0.127 e. The first-order chi connectivity index (χ1) is 9.08. The second-order valence-electron chi connectivity index (χ2n) is 4.69. The quantitative estimate of drug-likeness (QED) is 0.872. The number of aryl methyl sites for hydroxylation is 1. The highest BCUT2D eigenvalue weighted by atomic mass is 19.1. The van der Waals surface area contributed by atoms with E-state index >= 15 is 0 Å². The first kappa shape index (κ1) is 13.7. The Hall–Kier alpha value is -1.74. The molecule has 0 saturated heterocycles. The molecule has 0 aliphatic rings. The Morgan fingerprint density at radius 2 is 1.84 bits per heavy atom. The third kappa shape index (κ3) is 3.38. The molecule has 1 N–H and O–H groups in total. The van der Waals surface area contributed by atoms with Gasteiger partial charge in [-0.1, -0.05) is 24.3 Å². The molecule has 0 radical (unpaired) electrons. The molecule has 2 rings (SSSR count). The van der Waals surface area contributed by atoms with Crippen LogP contribution in [0.1, 0.15) is 29.7 Å². The van der Waals surface area contributed by atoms with E-state index in [1.54, 1.807) is 0 Å². The summed E-state index contributed by atoms with van der Waals surface area (Å²) in [6, 6.07) is 11.6. The molecule has 19 heavy (non-hydrogen) atoms. The van der Waals surface area contributed by atoms with Crippen molar-refractivity contribution in [3.63, 3.8) is 0 Å². The number of halogens is 2. The summed E-state index contributed by atoms with van der Waals surface area (Å²) in [6.45, 7) is 4.36. The third-order valence-electron chi connectivity index (χ3n) is 3.26. The largest absolute Gasteiger partial charge is 0.306 e. The van der Waals surface area contributed by atoms with E-state index in [1.807, 2.05) is 38.1 Å². The zero-order chi connectivity index (χ0) is 13.8. The molecule has 0 amide bonds. The van der Waals surface area contributed by atoms with Gasteiger partial charge in [-0.15, -0.1) is 0 Å². The van der Waals surface area contributed by atoms with E-state index in [0.717, 1.165) is 12.1 Å². The van der Waals surface area contributed by atoms with Gasteiger partial charge in [0, 0.05) is 18.2 Å². The second-order valence-corrected chi connectivity index (χ2v) is 4.69. The number of benzene rings is 2. The summed E-state index contributed by atoms with van der Waals surface area (Å²) >= 11 is 0. The van der Waals surface area contributed by atoms with E-state index in [2.05, 4.69) is 5.32 Å². The Kier molecular flexibility index (Phi) is 4.27. The summed E-state index contributed by atoms with van der Waals surface area (Å²) in [7, 11) is 0. The zero-order valence-electron chi connectivity index (χ0n) is 11.1. The van der Waals surface area contributed by atoms with Gasteiger partial charge in [0.2, 0.25) is 0 Å². The van der Waals surface area contributed by atoms with Crippen molar-refractivity contribution in [3.05, 3.63) is 70.8 Å². The van der Waals surface area contributed by atoms with Gasteiger partial charge in [0.05, 0.1) is 0 Å². The monoisotopic (exact) mass is 261 g/mol. The van der Waals surface area contributed by atoms with E-state index < -0.39 is 5.82 Å². The molecule has 0 fully saturated rings. The summed E-state index contributed by atoms with van der Waals surface area (Å²) in [5, 5.41) is 3.22. The highest BCUT2D eigenvalue weighted by molar-refractivity contribution is 5.28. The summed E-state index contributed by atoms with van der Waals surface area (Å²) in [4.78, 5) is 0. The fraction of sp³-hybridized carbons (Fsp3) is 0.250. The first-order valence-electron chi connectivity index (χ1n) is 6.31. The third-order valence-corrected chi connectivity index (χ3v) is 3.26. The van der Waals surface area contributed by atoms with Gasteiger partial charge >= 0.3 is 0 Å². The molecule has 100 valence electrons. The van der Waals surface area contributed by atoms with Crippen molar-refractivity contribution in [2.45, 2.75) is 26.4 Å². The molecule has 0 bridgehead atoms. The van der Waals surface area contributed by atoms with Crippen molar-refractivity contribution < 1.29 is 8.78 Å². The topological polar surface area (TPSA) is 12.0 Å². The van der Waals surface area contributed by atoms with Crippen molar-refractivity contribution in [3.8, 4) is 0 Å². The van der Waals surface area contributed by atoms with Gasteiger partial charge in [-0.3, -0.25) is 0 Å². The standard InChI is InChI=1S/C16H17F2N/c1-11-5-3-4-6-15(11)12(2)19-10-13-9-14(17)7-8-16(13)18/h3-9,12,19H,10H2,1-2H3. The Morgan fingerprint density at radius 3 is 2.58 bits per heavy atom. The van der Waals surface area contributed by atoms with Crippen LogP contribution in [0.15, 0.2) is 42.5 Å². The molecule has 2 aromatic rings. The molecule has 2 aromatic carbocycles. The van der Waals surface area contributed by atoms with Crippen LogP contribution in [0, 0.1) is 18.6 Å². The van der Waals surface area contributed by atoms with E-state index in [9.17, 15) is 8.78 Å². The number of nitrogens with one attached hydrogen (secondary N) is 1. The molecule has 0 aromatic heterocycles. The predicted octanol–water partition coefficient (Wildman–Crippen LogP) is 4.12. The van der Waals surface area contributed by atoms with Crippen molar-refractivity contribution in [1.29, 1.82) is 0 Å². The van der Waals surface area contributed by atoms with E-state index in [1.165, 1.54) is 17.2 Å². The van der Waals surface area contributed by atoms with Crippen LogP contribution in [0.25, 0.3) is 0 Å².